The van der Waals surface area contributed by atoms with Crippen LogP contribution in [-0.4, -0.2) is 71.5 Å². The predicted octanol–water partition coefficient (Wildman–Crippen LogP) is 4.01. The fourth-order valence-corrected chi connectivity index (χ4v) is 4.22. The molecular formula is C26H34FN3O5. The lowest BCUT2D eigenvalue weighted by atomic mass is 10.1. The molecule has 2 aromatic carbocycles. The minimum Gasteiger partial charge on any atom is -0.507 e. The van der Waals surface area contributed by atoms with Crippen molar-refractivity contribution in [3.63, 3.8) is 0 Å². The zero-order valence-electron chi connectivity index (χ0n) is 20.8. The number of phenols is 1. The Morgan fingerprint density at radius 2 is 1.74 bits per heavy atom. The molecule has 0 saturated heterocycles. The Morgan fingerprint density at radius 3 is 2.40 bits per heavy atom. The van der Waals surface area contributed by atoms with Crippen LogP contribution in [0.15, 0.2) is 30.3 Å². The van der Waals surface area contributed by atoms with E-state index in [0.29, 0.717) is 32.7 Å². The van der Waals surface area contributed by atoms with E-state index in [2.05, 4.69) is 23.7 Å². The summed E-state index contributed by atoms with van der Waals surface area (Å²) in [6, 6.07) is 7.92. The van der Waals surface area contributed by atoms with Gasteiger partial charge in [0.2, 0.25) is 0 Å². The molecule has 0 unspecified atom stereocenters. The van der Waals surface area contributed by atoms with E-state index >= 15 is 0 Å². The van der Waals surface area contributed by atoms with Gasteiger partial charge in [-0.25, -0.2) is 0 Å². The van der Waals surface area contributed by atoms with E-state index in [-0.39, 0.29) is 11.1 Å². The summed E-state index contributed by atoms with van der Waals surface area (Å²) in [5, 5.41) is 10.4. The van der Waals surface area contributed by atoms with Gasteiger partial charge in [-0.05, 0) is 48.8 Å². The number of carbonyl (C=O) groups is 2. The molecule has 0 fully saturated rings. The smallest absolute Gasteiger partial charge is 0.258 e. The van der Waals surface area contributed by atoms with Crippen molar-refractivity contribution >= 4 is 11.8 Å². The van der Waals surface area contributed by atoms with Crippen LogP contribution in [0, 0.1) is 0 Å². The second-order valence-electron chi connectivity index (χ2n) is 8.64. The first-order valence-corrected chi connectivity index (χ1v) is 12.0. The van der Waals surface area contributed by atoms with E-state index < -0.39 is 23.3 Å². The summed E-state index contributed by atoms with van der Waals surface area (Å²) in [5.41, 5.74) is 1.74. The Labute approximate surface area is 205 Å². The quantitative estimate of drug-likeness (QED) is 0.516. The van der Waals surface area contributed by atoms with Crippen LogP contribution in [0.2, 0.25) is 0 Å². The topological polar surface area (TPSA) is 82.6 Å². The Balaban J connectivity index is 1.75. The van der Waals surface area contributed by atoms with E-state index in [4.69, 9.17) is 4.74 Å². The molecule has 8 nitrogen and oxygen atoms in total. The second-order valence-corrected chi connectivity index (χ2v) is 8.64. The lowest BCUT2D eigenvalue weighted by Gasteiger charge is -2.20. The fraction of sp³-hybridized carbons (Fsp3) is 0.462. The summed E-state index contributed by atoms with van der Waals surface area (Å²) < 4.78 is 19.0. The molecule has 0 saturated carbocycles. The van der Waals surface area contributed by atoms with Crippen molar-refractivity contribution in [3.8, 4) is 17.2 Å². The van der Waals surface area contributed by atoms with Crippen LogP contribution in [-0.2, 0) is 13.1 Å². The third-order valence-corrected chi connectivity index (χ3v) is 6.31. The van der Waals surface area contributed by atoms with E-state index in [0.717, 1.165) is 42.6 Å². The fourth-order valence-electron chi connectivity index (χ4n) is 4.22. The number of benzene rings is 2. The maximum absolute atomic E-state index is 13.3. The van der Waals surface area contributed by atoms with Crippen molar-refractivity contribution in [2.24, 2.45) is 0 Å². The highest BCUT2D eigenvalue weighted by molar-refractivity contribution is 6.03. The number of nitrogens with zero attached hydrogens (tertiary/aromatic N) is 3. The Morgan fingerprint density at radius 1 is 1.03 bits per heavy atom. The molecule has 0 atom stereocenters. The molecule has 35 heavy (non-hydrogen) atoms. The molecule has 0 spiro atoms. The number of phenolic OH excluding ortho intramolecular Hbond substituents is 1. The predicted molar refractivity (Wildman–Crippen MR) is 130 cm³/mol. The van der Waals surface area contributed by atoms with Gasteiger partial charge in [-0.1, -0.05) is 26.8 Å². The van der Waals surface area contributed by atoms with Crippen LogP contribution < -0.4 is 9.68 Å². The van der Waals surface area contributed by atoms with Crippen molar-refractivity contribution in [2.75, 3.05) is 39.8 Å². The van der Waals surface area contributed by atoms with Crippen LogP contribution in [0.3, 0.4) is 0 Å². The molecule has 1 heterocycles. The second kappa shape index (κ2) is 11.9. The average molecular weight is 488 g/mol. The summed E-state index contributed by atoms with van der Waals surface area (Å²) in [7, 11) is 1.58. The van der Waals surface area contributed by atoms with Crippen LogP contribution in [0.25, 0.3) is 0 Å². The van der Waals surface area contributed by atoms with Crippen LogP contribution in [0.5, 0.6) is 17.2 Å². The first-order valence-electron chi connectivity index (χ1n) is 12.0. The van der Waals surface area contributed by atoms with Crippen molar-refractivity contribution in [3.05, 3.63) is 52.6 Å². The maximum Gasteiger partial charge on any atom is 0.258 e. The standard InChI is InChI=1S/C26H34FN3O5/c1-5-10-28(4)25(32)22-14-21(23(31)15-24(22)35-27)26(33)30-16-18-8-9-20(13-19(18)17-30)34-12-11-29(6-2)7-3/h8-9,13-15,31H,5-7,10-12,16-17H2,1-4H3. The molecule has 1 N–H and O–H groups in total. The van der Waals surface area contributed by atoms with Gasteiger partial charge in [-0.3, -0.25) is 14.5 Å². The maximum atomic E-state index is 13.3. The lowest BCUT2D eigenvalue weighted by molar-refractivity contribution is -0.00773. The van der Waals surface area contributed by atoms with Crippen LogP contribution in [0.4, 0.5) is 4.53 Å². The minimum absolute atomic E-state index is 0.0810. The number of amides is 2. The molecule has 0 aromatic heterocycles. The summed E-state index contributed by atoms with van der Waals surface area (Å²) >= 11 is 0. The number of aromatic hydroxyl groups is 1. The van der Waals surface area contributed by atoms with E-state index in [1.165, 1.54) is 11.0 Å². The van der Waals surface area contributed by atoms with Gasteiger partial charge in [0.1, 0.15) is 18.1 Å². The summed E-state index contributed by atoms with van der Waals surface area (Å²) in [6.45, 7) is 10.6. The third-order valence-electron chi connectivity index (χ3n) is 6.31. The molecular weight excluding hydrogens is 453 g/mol. The number of likely N-dealkylation sites (N-methyl/N-ethyl adjacent to an activating group) is 1. The van der Waals surface area contributed by atoms with Crippen LogP contribution in [0.1, 0.15) is 59.0 Å². The van der Waals surface area contributed by atoms with Crippen molar-refractivity contribution in [1.82, 2.24) is 14.7 Å². The Hall–Kier alpha value is -3.33. The number of ether oxygens (including phenoxy) is 1. The zero-order chi connectivity index (χ0) is 25.5. The van der Waals surface area contributed by atoms with Gasteiger partial charge < -0.3 is 24.5 Å². The highest BCUT2D eigenvalue weighted by Crippen LogP contribution is 2.33. The van der Waals surface area contributed by atoms with Gasteiger partial charge in [-0.15, -0.1) is 0 Å². The first kappa shape index (κ1) is 26.3. The zero-order valence-corrected chi connectivity index (χ0v) is 20.8. The number of fused-ring (bicyclic) bond motifs is 1. The van der Waals surface area contributed by atoms with Gasteiger partial charge >= 0.3 is 0 Å². The molecule has 1 aliphatic heterocycles. The highest BCUT2D eigenvalue weighted by Gasteiger charge is 2.29. The number of hydrogen-bond acceptors (Lipinski definition) is 6. The largest absolute Gasteiger partial charge is 0.507 e. The van der Waals surface area contributed by atoms with Gasteiger partial charge in [0, 0.05) is 43.8 Å². The normalized spacial score (nSPS) is 12.6. The Kier molecular flexibility index (Phi) is 8.92. The van der Waals surface area contributed by atoms with Crippen LogP contribution >= 0.6 is 0 Å². The van der Waals surface area contributed by atoms with E-state index in [1.807, 2.05) is 25.1 Å². The Bertz CT molecular complexity index is 1060. The van der Waals surface area contributed by atoms with Crippen molar-refractivity contribution in [1.29, 1.82) is 0 Å². The SMILES string of the molecule is CCCN(C)C(=O)c1cc(C(=O)N2Cc3ccc(OCCN(CC)CC)cc3C2)c(O)cc1OF. The van der Waals surface area contributed by atoms with Gasteiger partial charge in [0.25, 0.3) is 11.8 Å². The molecule has 0 radical (unpaired) electrons. The monoisotopic (exact) mass is 487 g/mol. The number of rotatable bonds is 11. The summed E-state index contributed by atoms with van der Waals surface area (Å²) in [6.07, 6.45) is 0.713. The molecule has 1 aliphatic rings. The lowest BCUT2D eigenvalue weighted by Crippen LogP contribution is -2.29. The molecule has 2 aromatic rings. The number of halogens is 1. The van der Waals surface area contributed by atoms with E-state index in [1.54, 1.807) is 11.9 Å². The van der Waals surface area contributed by atoms with E-state index in [9.17, 15) is 19.2 Å². The molecule has 2 amide bonds. The first-order chi connectivity index (χ1) is 16.8. The molecule has 190 valence electrons. The summed E-state index contributed by atoms with van der Waals surface area (Å²) in [5.74, 6) is -1.09. The molecule has 9 heteroatoms. The molecule has 0 bridgehead atoms. The molecule has 0 aliphatic carbocycles. The highest BCUT2D eigenvalue weighted by atomic mass is 19.3. The minimum atomic E-state index is -0.496. The van der Waals surface area contributed by atoms with Crippen molar-refractivity contribution < 1.29 is 28.9 Å². The van der Waals surface area contributed by atoms with Crippen molar-refractivity contribution in [2.45, 2.75) is 40.3 Å². The van der Waals surface area contributed by atoms with Gasteiger partial charge in [-0.2, -0.15) is 0 Å². The number of carbonyl (C=O) groups excluding carboxylic acids is 2. The van der Waals surface area contributed by atoms with Gasteiger partial charge in [0.15, 0.2) is 5.75 Å². The average Bonchev–Trinajstić information content (AvgIpc) is 3.29. The van der Waals surface area contributed by atoms with Gasteiger partial charge in [0.05, 0.1) is 11.1 Å². The third kappa shape index (κ3) is 6.03. The molecule has 3 rings (SSSR count). The number of hydrogen-bond donors (Lipinski definition) is 1. The summed E-state index contributed by atoms with van der Waals surface area (Å²) in [4.78, 5) is 35.1.